The maximum Gasteiger partial charge on any atom is 0.416 e. The molecule has 1 aliphatic heterocycles. The molecule has 0 saturated heterocycles. The largest absolute Gasteiger partial charge is 0.416 e. The minimum atomic E-state index is -4.66. The first-order valence-corrected chi connectivity index (χ1v) is 13.5. The molecule has 3 heterocycles. The molecule has 6 rings (SSSR count). The lowest BCUT2D eigenvalue weighted by atomic mass is 10.1. The number of halogens is 3. The number of nitrogens with zero attached hydrogens (tertiary/aromatic N) is 2. The second-order valence-corrected chi connectivity index (χ2v) is 10.3. The van der Waals surface area contributed by atoms with Crippen molar-refractivity contribution in [2.75, 3.05) is 16.0 Å². The highest BCUT2D eigenvalue weighted by molar-refractivity contribution is 6.35. The van der Waals surface area contributed by atoms with E-state index in [9.17, 15) is 27.6 Å². The molecule has 10 nitrogen and oxygen atoms in total. The van der Waals surface area contributed by atoms with Crippen LogP contribution in [-0.4, -0.2) is 32.3 Å². The number of H-pyrrole nitrogens is 1. The van der Waals surface area contributed by atoms with Crippen LogP contribution in [0, 0.1) is 6.92 Å². The predicted octanol–water partition coefficient (Wildman–Crippen LogP) is 6.12. The number of hydrogen-bond donors (Lipinski definition) is 5. The molecule has 13 heteroatoms. The van der Waals surface area contributed by atoms with Crippen LogP contribution in [-0.2, 0) is 11.0 Å². The van der Waals surface area contributed by atoms with E-state index in [1.54, 1.807) is 67.7 Å². The first-order valence-electron chi connectivity index (χ1n) is 13.5. The summed E-state index contributed by atoms with van der Waals surface area (Å²) in [6, 6.07) is 16.6. The van der Waals surface area contributed by atoms with Gasteiger partial charge in [-0.25, -0.2) is 4.98 Å². The van der Waals surface area contributed by atoms with E-state index in [1.807, 2.05) is 0 Å². The molecule has 2 aromatic heterocycles. The zero-order valence-electron chi connectivity index (χ0n) is 23.5. The fourth-order valence-electron chi connectivity index (χ4n) is 4.87. The third kappa shape index (κ3) is 6.18. The Balaban J connectivity index is 1.20. The number of aryl methyl sites for hydroxylation is 1. The van der Waals surface area contributed by atoms with Gasteiger partial charge in [0.1, 0.15) is 0 Å². The number of anilines is 4. The Labute approximate surface area is 253 Å². The molecule has 45 heavy (non-hydrogen) atoms. The van der Waals surface area contributed by atoms with Crippen LogP contribution < -0.4 is 21.7 Å². The smallest absolute Gasteiger partial charge is 0.366 e. The molecule has 0 unspecified atom stereocenters. The van der Waals surface area contributed by atoms with Gasteiger partial charge in [-0.3, -0.25) is 14.4 Å². The van der Waals surface area contributed by atoms with Gasteiger partial charge in [0.2, 0.25) is 5.91 Å². The van der Waals surface area contributed by atoms with Crippen molar-refractivity contribution in [3.63, 3.8) is 0 Å². The van der Waals surface area contributed by atoms with Crippen LogP contribution >= 0.6 is 0 Å². The number of nitrogens with two attached hydrogens (primary N) is 1. The molecule has 1 aliphatic rings. The minimum absolute atomic E-state index is 0.149. The lowest BCUT2D eigenvalue weighted by molar-refractivity contribution is -0.137. The molecule has 0 fully saturated rings. The molecule has 0 atom stereocenters. The highest BCUT2D eigenvalue weighted by atomic mass is 19.4. The summed E-state index contributed by atoms with van der Waals surface area (Å²) in [4.78, 5) is 44.1. The zero-order chi connectivity index (χ0) is 31.9. The fourth-order valence-corrected chi connectivity index (χ4v) is 4.87. The monoisotopic (exact) mass is 611 g/mol. The van der Waals surface area contributed by atoms with E-state index < -0.39 is 23.6 Å². The number of carbonyl (C=O) groups is 3. The number of carbonyl (C=O) groups excluding carboxylic acids is 3. The summed E-state index contributed by atoms with van der Waals surface area (Å²) in [5.74, 6) is -1.62. The van der Waals surface area contributed by atoms with Gasteiger partial charge >= 0.3 is 6.18 Å². The number of hydrogen-bond acceptors (Lipinski definition) is 5. The molecule has 3 amide bonds. The van der Waals surface area contributed by atoms with Crippen LogP contribution in [0.15, 0.2) is 85.5 Å². The summed E-state index contributed by atoms with van der Waals surface area (Å²) in [6.07, 6.45) is 1.37. The Kier molecular flexibility index (Phi) is 7.21. The van der Waals surface area contributed by atoms with Gasteiger partial charge < -0.3 is 31.2 Å². The number of aromatic nitrogens is 3. The van der Waals surface area contributed by atoms with Gasteiger partial charge in [0.05, 0.1) is 34.4 Å². The molecule has 0 spiro atoms. The van der Waals surface area contributed by atoms with Gasteiger partial charge in [0.25, 0.3) is 11.8 Å². The summed E-state index contributed by atoms with van der Waals surface area (Å²) in [5.41, 5.74) is 8.95. The van der Waals surface area contributed by atoms with E-state index in [0.29, 0.717) is 50.8 Å². The molecule has 3 aromatic carbocycles. The molecule has 5 aromatic rings. The van der Waals surface area contributed by atoms with E-state index in [2.05, 4.69) is 25.9 Å². The van der Waals surface area contributed by atoms with Crippen LogP contribution in [0.3, 0.4) is 0 Å². The van der Waals surface area contributed by atoms with Gasteiger partial charge in [0, 0.05) is 52.0 Å². The van der Waals surface area contributed by atoms with Gasteiger partial charge in [-0.1, -0.05) is 12.1 Å². The second-order valence-electron chi connectivity index (χ2n) is 10.3. The highest BCUT2D eigenvalue weighted by Crippen LogP contribution is 2.36. The Morgan fingerprint density at radius 1 is 0.978 bits per heavy atom. The van der Waals surface area contributed by atoms with E-state index in [-0.39, 0.29) is 17.2 Å². The van der Waals surface area contributed by atoms with Crippen LogP contribution in [0.25, 0.3) is 17.3 Å². The Hall–Kier alpha value is -6.11. The Bertz CT molecular complexity index is 2020. The van der Waals surface area contributed by atoms with Crippen molar-refractivity contribution in [2.24, 2.45) is 5.73 Å². The summed E-state index contributed by atoms with van der Waals surface area (Å²) >= 11 is 0. The van der Waals surface area contributed by atoms with Crippen molar-refractivity contribution in [2.45, 2.75) is 13.1 Å². The number of amides is 3. The first-order chi connectivity index (χ1) is 21.4. The number of aromatic amines is 1. The summed E-state index contributed by atoms with van der Waals surface area (Å²) < 4.78 is 42.4. The van der Waals surface area contributed by atoms with E-state index in [0.717, 1.165) is 12.1 Å². The van der Waals surface area contributed by atoms with E-state index >= 15 is 0 Å². The Morgan fingerprint density at radius 2 is 1.76 bits per heavy atom. The molecule has 0 radical (unpaired) electrons. The highest BCUT2D eigenvalue weighted by Gasteiger charge is 2.32. The maximum absolute atomic E-state index is 13.7. The van der Waals surface area contributed by atoms with Crippen LogP contribution in [0.5, 0.6) is 0 Å². The van der Waals surface area contributed by atoms with Crippen molar-refractivity contribution in [3.8, 4) is 5.69 Å². The molecule has 0 bridgehead atoms. The van der Waals surface area contributed by atoms with Gasteiger partial charge in [0.15, 0.2) is 0 Å². The molecule has 6 N–H and O–H groups in total. The number of imidazole rings is 1. The quantitative estimate of drug-likeness (QED) is 0.141. The van der Waals surface area contributed by atoms with E-state index in [4.69, 9.17) is 5.73 Å². The van der Waals surface area contributed by atoms with Crippen LogP contribution in [0.2, 0.25) is 0 Å². The Morgan fingerprint density at radius 3 is 2.47 bits per heavy atom. The number of benzene rings is 3. The topological polar surface area (TPSA) is 147 Å². The van der Waals surface area contributed by atoms with E-state index in [1.165, 1.54) is 23.2 Å². The molecule has 0 aliphatic carbocycles. The second kappa shape index (κ2) is 11.2. The normalized spacial score (nSPS) is 13.4. The fraction of sp³-hybridized carbons (Fsp3) is 0.0625. The molecular weight excluding hydrogens is 587 g/mol. The summed E-state index contributed by atoms with van der Waals surface area (Å²) in [7, 11) is 0. The van der Waals surface area contributed by atoms with Crippen molar-refractivity contribution < 1.29 is 27.6 Å². The van der Waals surface area contributed by atoms with Gasteiger partial charge in [-0.05, 0) is 67.6 Å². The zero-order valence-corrected chi connectivity index (χ0v) is 23.5. The van der Waals surface area contributed by atoms with Crippen LogP contribution in [0.1, 0.15) is 43.2 Å². The van der Waals surface area contributed by atoms with Gasteiger partial charge in [-0.2, -0.15) is 13.2 Å². The predicted molar refractivity (Wildman–Crippen MR) is 163 cm³/mol. The average Bonchev–Trinajstić information content (AvgIpc) is 3.72. The molecular formula is C32H24F3N7O3. The SMILES string of the molecule is Cc1cn(-c2cc(C(=O)Nc3cccc(Nc4ccc5c(c4)NC(=O)C5=Cc4cc(C(N)=O)c[nH]4)c3)cc(C(F)(F)F)c2)cn1. The summed E-state index contributed by atoms with van der Waals surface area (Å²) in [6.45, 7) is 1.71. The first kappa shape index (κ1) is 29.0. The van der Waals surface area contributed by atoms with Crippen molar-refractivity contribution in [1.29, 1.82) is 0 Å². The number of rotatable bonds is 7. The van der Waals surface area contributed by atoms with Crippen molar-refractivity contribution in [1.82, 2.24) is 14.5 Å². The third-order valence-electron chi connectivity index (χ3n) is 7.02. The lowest BCUT2D eigenvalue weighted by Gasteiger charge is -2.14. The number of nitrogens with one attached hydrogen (secondary N) is 4. The standard InChI is InChI=1S/C32H24F3N7O3/c1-17-15-42(16-38-17)25-9-18(7-20(10-25)32(33,34)35)30(44)40-22-4-2-3-21(11-22)39-23-5-6-26-27(31(45)41-28(26)13-23)12-24-8-19(14-37-24)29(36)43/h2-16,37,39H,1H3,(H2,36,43)(H,40,44)(H,41,45). The van der Waals surface area contributed by atoms with Gasteiger partial charge in [-0.15, -0.1) is 0 Å². The molecule has 0 saturated carbocycles. The number of fused-ring (bicyclic) bond motifs is 1. The number of primary amides is 1. The summed E-state index contributed by atoms with van der Waals surface area (Å²) in [5, 5.41) is 8.69. The molecule has 226 valence electrons. The van der Waals surface area contributed by atoms with Crippen LogP contribution in [0.4, 0.5) is 35.9 Å². The lowest BCUT2D eigenvalue weighted by Crippen LogP contribution is -2.15. The van der Waals surface area contributed by atoms with Crippen molar-refractivity contribution >= 4 is 52.1 Å². The number of alkyl halides is 3. The maximum atomic E-state index is 13.7. The minimum Gasteiger partial charge on any atom is -0.366 e. The third-order valence-corrected chi connectivity index (χ3v) is 7.02. The van der Waals surface area contributed by atoms with Crippen molar-refractivity contribution in [3.05, 3.63) is 119 Å². The average molecular weight is 612 g/mol.